The Kier molecular flexibility index (Phi) is 7.24. The van der Waals surface area contributed by atoms with Gasteiger partial charge in [0.15, 0.2) is 5.69 Å². The van der Waals surface area contributed by atoms with Crippen molar-refractivity contribution in [1.29, 1.82) is 0 Å². The molecule has 0 bridgehead atoms. The number of imide groups is 1. The van der Waals surface area contributed by atoms with E-state index in [-0.39, 0.29) is 12.4 Å². The number of methoxy groups -OCH3 is 2. The number of ether oxygens (including phenoxy) is 2. The second-order valence-corrected chi connectivity index (χ2v) is 6.84. The van der Waals surface area contributed by atoms with Gasteiger partial charge in [-0.3, -0.25) is 9.59 Å². The second kappa shape index (κ2) is 9.92. The first-order valence-electron chi connectivity index (χ1n) is 9.52. The zero-order chi connectivity index (χ0) is 24.2. The molecule has 0 unspecified atom stereocenters. The number of hydrogen-bond donors (Lipinski definition) is 0. The Morgan fingerprint density at radius 2 is 1.70 bits per heavy atom. The normalized spacial score (nSPS) is 11.5. The number of nitrogens with zero attached hydrogens (tertiary/aromatic N) is 3. The van der Waals surface area contributed by atoms with Gasteiger partial charge in [0.25, 0.3) is 11.8 Å². The molecule has 0 aliphatic rings. The van der Waals surface area contributed by atoms with E-state index in [0.717, 1.165) is 4.68 Å². The smallest absolute Gasteiger partial charge is 0.375 e. The molecule has 2 amide bonds. The standard InChI is InChI=1S/C22H19F4N3O4/c1-32-12-19(30)29(18-6-4-3-5-16(18)14-7-9-15(23)10-8-14)21(31)20-17(22(24,25)26)11-28(27-20)13-33-2/h3-11H,12-13H2,1-2H3. The largest absolute Gasteiger partial charge is 0.420 e. The molecule has 2 aromatic carbocycles. The van der Waals surface area contributed by atoms with Crippen molar-refractivity contribution in [3.63, 3.8) is 0 Å². The van der Waals surface area contributed by atoms with Crippen molar-refractivity contribution >= 4 is 17.5 Å². The summed E-state index contributed by atoms with van der Waals surface area (Å²) >= 11 is 0. The molecule has 0 N–H and O–H groups in total. The predicted octanol–water partition coefficient (Wildman–Crippen LogP) is 4.13. The van der Waals surface area contributed by atoms with Crippen LogP contribution in [0.4, 0.5) is 23.2 Å². The molecular formula is C22H19F4N3O4. The average Bonchev–Trinajstić information content (AvgIpc) is 3.20. The van der Waals surface area contributed by atoms with Crippen LogP contribution in [0.15, 0.2) is 54.7 Å². The first-order valence-corrected chi connectivity index (χ1v) is 9.52. The maximum atomic E-state index is 13.6. The van der Waals surface area contributed by atoms with Gasteiger partial charge in [0, 0.05) is 26.0 Å². The maximum absolute atomic E-state index is 13.6. The monoisotopic (exact) mass is 465 g/mol. The number of amides is 2. The van der Waals surface area contributed by atoms with Crippen LogP contribution in [0.1, 0.15) is 16.1 Å². The number of anilines is 1. The van der Waals surface area contributed by atoms with Gasteiger partial charge in [0.1, 0.15) is 24.7 Å². The van der Waals surface area contributed by atoms with Gasteiger partial charge >= 0.3 is 6.18 Å². The Morgan fingerprint density at radius 1 is 1.03 bits per heavy atom. The summed E-state index contributed by atoms with van der Waals surface area (Å²) in [5.74, 6) is -2.71. The van der Waals surface area contributed by atoms with Crippen molar-refractivity contribution in [2.45, 2.75) is 12.9 Å². The average molecular weight is 465 g/mol. The first kappa shape index (κ1) is 24.1. The van der Waals surface area contributed by atoms with Crippen LogP contribution in [0.2, 0.25) is 0 Å². The van der Waals surface area contributed by atoms with Crippen molar-refractivity contribution in [2.24, 2.45) is 0 Å². The van der Waals surface area contributed by atoms with E-state index in [9.17, 15) is 27.2 Å². The fourth-order valence-corrected chi connectivity index (χ4v) is 3.18. The Morgan fingerprint density at radius 3 is 2.30 bits per heavy atom. The highest BCUT2D eigenvalue weighted by atomic mass is 19.4. The lowest BCUT2D eigenvalue weighted by molar-refractivity contribution is -0.138. The maximum Gasteiger partial charge on any atom is 0.420 e. The van der Waals surface area contributed by atoms with E-state index in [1.165, 1.54) is 50.6 Å². The lowest BCUT2D eigenvalue weighted by Crippen LogP contribution is -2.40. The van der Waals surface area contributed by atoms with Crippen LogP contribution in [0, 0.1) is 5.82 Å². The van der Waals surface area contributed by atoms with Crippen LogP contribution in [0.3, 0.4) is 0 Å². The molecule has 0 radical (unpaired) electrons. The van der Waals surface area contributed by atoms with Crippen LogP contribution in [-0.2, 0) is 27.2 Å². The summed E-state index contributed by atoms with van der Waals surface area (Å²) in [4.78, 5) is 26.8. The van der Waals surface area contributed by atoms with Crippen molar-refractivity contribution in [2.75, 3.05) is 25.7 Å². The van der Waals surface area contributed by atoms with Crippen molar-refractivity contribution in [1.82, 2.24) is 9.78 Å². The molecule has 0 atom stereocenters. The van der Waals surface area contributed by atoms with Gasteiger partial charge < -0.3 is 9.47 Å². The van der Waals surface area contributed by atoms with Crippen LogP contribution in [0.25, 0.3) is 11.1 Å². The fourth-order valence-electron chi connectivity index (χ4n) is 3.18. The number of alkyl halides is 3. The summed E-state index contributed by atoms with van der Waals surface area (Å²) in [7, 11) is 2.46. The molecule has 3 aromatic rings. The van der Waals surface area contributed by atoms with E-state index in [1.807, 2.05) is 0 Å². The summed E-state index contributed by atoms with van der Waals surface area (Å²) < 4.78 is 64.8. The Balaban J connectivity index is 2.18. The molecule has 1 aromatic heterocycles. The fraction of sp³-hybridized carbons (Fsp3) is 0.227. The Bertz CT molecular complexity index is 1140. The lowest BCUT2D eigenvalue weighted by Gasteiger charge is -2.23. The molecule has 0 fully saturated rings. The molecule has 0 aliphatic carbocycles. The van der Waals surface area contributed by atoms with Crippen LogP contribution in [0.5, 0.6) is 0 Å². The van der Waals surface area contributed by atoms with E-state index < -0.39 is 41.7 Å². The van der Waals surface area contributed by atoms with Gasteiger partial charge in [0.2, 0.25) is 0 Å². The highest BCUT2D eigenvalue weighted by molar-refractivity contribution is 6.22. The molecule has 33 heavy (non-hydrogen) atoms. The van der Waals surface area contributed by atoms with E-state index in [1.54, 1.807) is 12.1 Å². The van der Waals surface area contributed by atoms with Gasteiger partial charge in [-0.25, -0.2) is 14.0 Å². The summed E-state index contributed by atoms with van der Waals surface area (Å²) in [6, 6.07) is 11.3. The van der Waals surface area contributed by atoms with Gasteiger partial charge in [-0.2, -0.15) is 18.3 Å². The summed E-state index contributed by atoms with van der Waals surface area (Å²) in [5, 5.41) is 3.71. The minimum absolute atomic E-state index is 0.00873. The topological polar surface area (TPSA) is 73.7 Å². The minimum atomic E-state index is -4.91. The number of hydrogen-bond acceptors (Lipinski definition) is 5. The van der Waals surface area contributed by atoms with Gasteiger partial charge in [-0.15, -0.1) is 0 Å². The van der Waals surface area contributed by atoms with E-state index in [2.05, 4.69) is 5.10 Å². The Labute approximate surface area is 186 Å². The second-order valence-electron chi connectivity index (χ2n) is 6.84. The number of carbonyl (C=O) groups excluding carboxylic acids is 2. The molecule has 11 heteroatoms. The molecule has 0 saturated carbocycles. The van der Waals surface area contributed by atoms with E-state index in [0.29, 0.717) is 22.2 Å². The molecule has 0 spiro atoms. The third-order valence-electron chi connectivity index (χ3n) is 4.55. The summed E-state index contributed by atoms with van der Waals surface area (Å²) in [6.45, 7) is -0.918. The number of para-hydroxylation sites is 1. The molecule has 7 nitrogen and oxygen atoms in total. The quantitative estimate of drug-likeness (QED) is 0.491. The zero-order valence-corrected chi connectivity index (χ0v) is 17.6. The summed E-state index contributed by atoms with van der Waals surface area (Å²) in [6.07, 6.45) is -4.29. The number of aromatic nitrogens is 2. The molecule has 0 aliphatic heterocycles. The van der Waals surface area contributed by atoms with Gasteiger partial charge in [-0.05, 0) is 23.8 Å². The lowest BCUT2D eigenvalue weighted by atomic mass is 10.0. The predicted molar refractivity (Wildman–Crippen MR) is 110 cm³/mol. The third kappa shape index (κ3) is 5.26. The number of benzene rings is 2. The highest BCUT2D eigenvalue weighted by Gasteiger charge is 2.41. The number of halogens is 4. The molecule has 1 heterocycles. The molecule has 0 saturated heterocycles. The molecular weight excluding hydrogens is 446 g/mol. The van der Waals surface area contributed by atoms with Gasteiger partial charge in [0.05, 0.1) is 5.69 Å². The van der Waals surface area contributed by atoms with Crippen LogP contribution in [-0.4, -0.2) is 42.4 Å². The molecule has 174 valence electrons. The van der Waals surface area contributed by atoms with Crippen LogP contribution < -0.4 is 4.90 Å². The minimum Gasteiger partial charge on any atom is -0.375 e. The third-order valence-corrected chi connectivity index (χ3v) is 4.55. The van der Waals surface area contributed by atoms with Crippen molar-refractivity contribution in [3.05, 3.63) is 71.8 Å². The Hall–Kier alpha value is -3.57. The summed E-state index contributed by atoms with van der Waals surface area (Å²) in [5.41, 5.74) is -1.54. The number of rotatable bonds is 7. The van der Waals surface area contributed by atoms with Crippen molar-refractivity contribution in [3.8, 4) is 11.1 Å². The molecule has 3 rings (SSSR count). The van der Waals surface area contributed by atoms with Crippen molar-refractivity contribution < 1.29 is 36.6 Å². The highest BCUT2D eigenvalue weighted by Crippen LogP contribution is 2.35. The SMILES string of the molecule is COCC(=O)N(C(=O)c1nn(COC)cc1C(F)(F)F)c1ccccc1-c1ccc(F)cc1. The van der Waals surface area contributed by atoms with Gasteiger partial charge in [-0.1, -0.05) is 30.3 Å². The van der Waals surface area contributed by atoms with E-state index >= 15 is 0 Å². The van der Waals surface area contributed by atoms with Crippen LogP contribution >= 0.6 is 0 Å². The number of carbonyl (C=O) groups is 2. The first-order chi connectivity index (χ1) is 15.7. The van der Waals surface area contributed by atoms with E-state index in [4.69, 9.17) is 9.47 Å². The zero-order valence-electron chi connectivity index (χ0n) is 17.6.